The molecule has 1 heterocycles. The van der Waals surface area contributed by atoms with Gasteiger partial charge in [0, 0.05) is 5.56 Å². The van der Waals surface area contributed by atoms with Crippen LogP contribution < -0.4 is 20.1 Å². The van der Waals surface area contributed by atoms with E-state index in [0.717, 1.165) is 17.1 Å². The summed E-state index contributed by atoms with van der Waals surface area (Å²) in [5.74, 6) is 1.61. The number of nitrogens with one attached hydrogen (secondary N) is 2. The van der Waals surface area contributed by atoms with Crippen molar-refractivity contribution < 1.29 is 14.3 Å². The van der Waals surface area contributed by atoms with E-state index >= 15 is 0 Å². The highest BCUT2D eigenvalue weighted by atomic mass is 16.5. The first-order valence-electron chi connectivity index (χ1n) is 8.99. The summed E-state index contributed by atoms with van der Waals surface area (Å²) < 4.78 is 11.0. The number of carbonyl (C=O) groups is 1. The number of amides is 1. The number of anilines is 3. The van der Waals surface area contributed by atoms with Gasteiger partial charge < -0.3 is 20.1 Å². The average Bonchev–Trinajstić information content (AvgIpc) is 2.70. The van der Waals surface area contributed by atoms with Crippen molar-refractivity contribution in [1.82, 2.24) is 4.98 Å². The minimum Gasteiger partial charge on any atom is -0.497 e. The minimum atomic E-state index is -0.247. The lowest BCUT2D eigenvalue weighted by molar-refractivity contribution is 0.102. The number of nitrogens with zero attached hydrogens (tertiary/aromatic N) is 1. The highest BCUT2D eigenvalue weighted by molar-refractivity contribution is 6.04. The first kappa shape index (κ1) is 19.2. The van der Waals surface area contributed by atoms with Crippen LogP contribution in [0.4, 0.5) is 17.2 Å². The predicted molar refractivity (Wildman–Crippen MR) is 111 cm³/mol. The third-order valence-corrected chi connectivity index (χ3v) is 3.87. The number of carbonyl (C=O) groups excluding carboxylic acids is 1. The predicted octanol–water partition coefficient (Wildman–Crippen LogP) is 4.87. The molecule has 0 spiro atoms. The maximum atomic E-state index is 12.4. The number of rotatable bonds is 7. The van der Waals surface area contributed by atoms with E-state index in [1.807, 2.05) is 44.2 Å². The summed E-state index contributed by atoms with van der Waals surface area (Å²) in [7, 11) is 1.56. The van der Waals surface area contributed by atoms with Crippen molar-refractivity contribution in [1.29, 1.82) is 0 Å². The molecule has 2 N–H and O–H groups in total. The Kier molecular flexibility index (Phi) is 6.11. The van der Waals surface area contributed by atoms with E-state index in [2.05, 4.69) is 15.6 Å². The van der Waals surface area contributed by atoms with Crippen LogP contribution in [0.5, 0.6) is 11.5 Å². The van der Waals surface area contributed by atoms with Crippen molar-refractivity contribution in [3.8, 4) is 11.5 Å². The van der Waals surface area contributed by atoms with Crippen LogP contribution in [0, 0.1) is 0 Å². The summed E-state index contributed by atoms with van der Waals surface area (Å²) >= 11 is 0. The molecule has 3 aromatic rings. The molecule has 0 bridgehead atoms. The number of aromatic nitrogens is 1. The number of ether oxygens (including phenoxy) is 2. The van der Waals surface area contributed by atoms with Gasteiger partial charge in [-0.05, 0) is 56.3 Å². The summed E-state index contributed by atoms with van der Waals surface area (Å²) in [6, 6.07) is 18.3. The second kappa shape index (κ2) is 8.90. The second-order valence-electron chi connectivity index (χ2n) is 6.41. The van der Waals surface area contributed by atoms with Crippen LogP contribution in [0.15, 0.2) is 66.9 Å². The fourth-order valence-electron chi connectivity index (χ4n) is 2.58. The van der Waals surface area contributed by atoms with Crippen LogP contribution >= 0.6 is 0 Å². The van der Waals surface area contributed by atoms with Crippen LogP contribution in [0.3, 0.4) is 0 Å². The van der Waals surface area contributed by atoms with Crippen LogP contribution in [0.1, 0.15) is 24.2 Å². The Morgan fingerprint density at radius 1 is 1.04 bits per heavy atom. The number of para-hydroxylation sites is 2. The molecule has 0 atom stereocenters. The molecule has 144 valence electrons. The van der Waals surface area contributed by atoms with E-state index in [-0.39, 0.29) is 12.0 Å². The topological polar surface area (TPSA) is 72.5 Å². The second-order valence-corrected chi connectivity index (χ2v) is 6.41. The molecule has 6 heteroatoms. The molecule has 3 rings (SSSR count). The molecule has 6 nitrogen and oxygen atoms in total. The smallest absolute Gasteiger partial charge is 0.256 e. The van der Waals surface area contributed by atoms with Crippen molar-refractivity contribution in [3.05, 3.63) is 72.4 Å². The summed E-state index contributed by atoms with van der Waals surface area (Å²) in [5, 5.41) is 6.07. The summed E-state index contributed by atoms with van der Waals surface area (Å²) in [6.45, 7) is 3.97. The Bertz CT molecular complexity index is 940. The highest BCUT2D eigenvalue weighted by Gasteiger charge is 2.09. The Morgan fingerprint density at radius 3 is 2.57 bits per heavy atom. The van der Waals surface area contributed by atoms with E-state index in [1.54, 1.807) is 43.6 Å². The number of hydrogen-bond donors (Lipinski definition) is 2. The van der Waals surface area contributed by atoms with Gasteiger partial charge in [0.25, 0.3) is 5.91 Å². The van der Waals surface area contributed by atoms with Crippen molar-refractivity contribution in [2.45, 2.75) is 20.0 Å². The fraction of sp³-hybridized carbons (Fsp3) is 0.182. The molecule has 2 aromatic carbocycles. The zero-order valence-corrected chi connectivity index (χ0v) is 16.1. The van der Waals surface area contributed by atoms with Crippen molar-refractivity contribution >= 4 is 23.1 Å². The van der Waals surface area contributed by atoms with Gasteiger partial charge in [0.2, 0.25) is 0 Å². The number of hydrogen-bond acceptors (Lipinski definition) is 5. The van der Waals surface area contributed by atoms with Gasteiger partial charge in [0.05, 0.1) is 30.8 Å². The normalized spacial score (nSPS) is 10.4. The molecule has 0 saturated carbocycles. The molecule has 0 unspecified atom stereocenters. The maximum Gasteiger partial charge on any atom is 0.256 e. The van der Waals surface area contributed by atoms with Crippen LogP contribution in [-0.4, -0.2) is 24.1 Å². The van der Waals surface area contributed by atoms with Crippen molar-refractivity contribution in [2.75, 3.05) is 17.7 Å². The summed E-state index contributed by atoms with van der Waals surface area (Å²) in [5.41, 5.74) is 2.15. The van der Waals surface area contributed by atoms with E-state index in [9.17, 15) is 4.79 Å². The molecule has 1 aromatic heterocycles. The molecule has 1 amide bonds. The minimum absolute atomic E-state index is 0.0790. The SMILES string of the molecule is COc1cccc(C(=O)Nc2ccc(Nc3ccccc3OC(C)C)cn2)c1. The molecule has 0 radical (unpaired) electrons. The standard InChI is InChI=1S/C22H23N3O3/c1-15(2)28-20-10-5-4-9-19(20)24-17-11-12-21(23-14-17)25-22(26)16-7-6-8-18(13-16)27-3/h4-15,24H,1-3H3,(H,23,25,26). The maximum absolute atomic E-state index is 12.4. The Hall–Kier alpha value is -3.54. The molecule has 0 fully saturated rings. The third-order valence-electron chi connectivity index (χ3n) is 3.87. The Labute approximate surface area is 164 Å². The van der Waals surface area contributed by atoms with Gasteiger partial charge >= 0.3 is 0 Å². The summed E-state index contributed by atoms with van der Waals surface area (Å²) in [6.07, 6.45) is 1.74. The van der Waals surface area contributed by atoms with Crippen molar-refractivity contribution in [3.63, 3.8) is 0 Å². The van der Waals surface area contributed by atoms with Crippen LogP contribution in [0.2, 0.25) is 0 Å². The monoisotopic (exact) mass is 377 g/mol. The van der Waals surface area contributed by atoms with E-state index in [1.165, 1.54) is 0 Å². The Morgan fingerprint density at radius 2 is 1.86 bits per heavy atom. The number of benzene rings is 2. The highest BCUT2D eigenvalue weighted by Crippen LogP contribution is 2.28. The van der Waals surface area contributed by atoms with Crippen LogP contribution in [-0.2, 0) is 0 Å². The Balaban J connectivity index is 1.68. The van der Waals surface area contributed by atoms with Gasteiger partial charge in [-0.1, -0.05) is 18.2 Å². The largest absolute Gasteiger partial charge is 0.497 e. The van der Waals surface area contributed by atoms with Crippen molar-refractivity contribution in [2.24, 2.45) is 0 Å². The van der Waals surface area contributed by atoms with Gasteiger partial charge in [-0.15, -0.1) is 0 Å². The van der Waals surface area contributed by atoms with Gasteiger partial charge in [-0.25, -0.2) is 4.98 Å². The first-order valence-corrected chi connectivity index (χ1v) is 8.99. The molecular weight excluding hydrogens is 354 g/mol. The quantitative estimate of drug-likeness (QED) is 0.614. The molecule has 0 aliphatic heterocycles. The zero-order chi connectivity index (χ0) is 19.9. The molecule has 28 heavy (non-hydrogen) atoms. The number of methoxy groups -OCH3 is 1. The fourth-order valence-corrected chi connectivity index (χ4v) is 2.58. The van der Waals surface area contributed by atoms with Crippen LogP contribution in [0.25, 0.3) is 0 Å². The van der Waals surface area contributed by atoms with E-state index < -0.39 is 0 Å². The summed E-state index contributed by atoms with van der Waals surface area (Å²) in [4.78, 5) is 16.7. The molecular formula is C22H23N3O3. The zero-order valence-electron chi connectivity index (χ0n) is 16.1. The number of pyridine rings is 1. The first-order chi connectivity index (χ1) is 13.5. The van der Waals surface area contributed by atoms with E-state index in [0.29, 0.717) is 17.1 Å². The lowest BCUT2D eigenvalue weighted by Crippen LogP contribution is -2.13. The van der Waals surface area contributed by atoms with E-state index in [4.69, 9.17) is 9.47 Å². The molecule has 0 aliphatic carbocycles. The average molecular weight is 377 g/mol. The van der Waals surface area contributed by atoms with Gasteiger partial charge in [0.1, 0.15) is 17.3 Å². The molecule has 0 saturated heterocycles. The van der Waals surface area contributed by atoms with Gasteiger partial charge in [-0.2, -0.15) is 0 Å². The lowest BCUT2D eigenvalue weighted by Gasteiger charge is -2.15. The van der Waals surface area contributed by atoms with Gasteiger partial charge in [-0.3, -0.25) is 4.79 Å². The molecule has 0 aliphatic rings. The van der Waals surface area contributed by atoms with Gasteiger partial charge in [0.15, 0.2) is 0 Å². The lowest BCUT2D eigenvalue weighted by atomic mass is 10.2. The third kappa shape index (κ3) is 5.01.